The average molecular weight is 235 g/mol. The Bertz CT molecular complexity index is 430. The van der Waals surface area contributed by atoms with Gasteiger partial charge in [-0.1, -0.05) is 19.9 Å². The predicted octanol–water partition coefficient (Wildman–Crippen LogP) is 2.44. The molecule has 1 heterocycles. The fourth-order valence-electron chi connectivity index (χ4n) is 1.76. The van der Waals surface area contributed by atoms with Crippen LogP contribution in [0, 0.1) is 0 Å². The van der Waals surface area contributed by atoms with Gasteiger partial charge >= 0.3 is 0 Å². The summed E-state index contributed by atoms with van der Waals surface area (Å²) >= 11 is 0. The number of nitrogens with zero attached hydrogens (tertiary/aromatic N) is 2. The van der Waals surface area contributed by atoms with Crippen LogP contribution in [-0.2, 0) is 11.8 Å². The Balaban J connectivity index is 3.23. The van der Waals surface area contributed by atoms with Crippen molar-refractivity contribution in [3.05, 3.63) is 35.5 Å². The first-order valence-corrected chi connectivity index (χ1v) is 5.87. The summed E-state index contributed by atoms with van der Waals surface area (Å²) in [5.41, 5.74) is 8.63. The number of hydrogen-bond acceptors (Lipinski definition) is 3. The van der Waals surface area contributed by atoms with E-state index >= 15 is 0 Å². The van der Waals surface area contributed by atoms with Crippen LogP contribution in [0.5, 0.6) is 0 Å². The van der Waals surface area contributed by atoms with Gasteiger partial charge in [-0.15, -0.1) is 0 Å². The van der Waals surface area contributed by atoms with E-state index in [4.69, 9.17) is 10.5 Å². The molecule has 4 nitrogen and oxygen atoms in total. The van der Waals surface area contributed by atoms with Gasteiger partial charge in [-0.2, -0.15) is 5.10 Å². The van der Waals surface area contributed by atoms with Crippen LogP contribution in [0.1, 0.15) is 32.4 Å². The lowest BCUT2D eigenvalue weighted by atomic mass is 10.1. The number of methoxy groups -OCH3 is 1. The van der Waals surface area contributed by atoms with Gasteiger partial charge in [0.25, 0.3) is 0 Å². The Morgan fingerprint density at radius 1 is 1.53 bits per heavy atom. The lowest BCUT2D eigenvalue weighted by molar-refractivity contribution is 0.300. The molecular weight excluding hydrogens is 214 g/mol. The van der Waals surface area contributed by atoms with Gasteiger partial charge in [0, 0.05) is 18.8 Å². The summed E-state index contributed by atoms with van der Waals surface area (Å²) in [5.74, 6) is 0.730. The molecule has 0 aliphatic heterocycles. The Labute approximate surface area is 103 Å². The van der Waals surface area contributed by atoms with Crippen LogP contribution in [0.3, 0.4) is 0 Å². The predicted molar refractivity (Wildman–Crippen MR) is 70.0 cm³/mol. The fraction of sp³-hybridized carbons (Fsp3) is 0.462. The van der Waals surface area contributed by atoms with Gasteiger partial charge in [0.05, 0.1) is 18.5 Å². The largest absolute Gasteiger partial charge is 0.494 e. The van der Waals surface area contributed by atoms with Crippen LogP contribution in [0.4, 0.5) is 0 Å². The topological polar surface area (TPSA) is 53.1 Å². The van der Waals surface area contributed by atoms with Crippen LogP contribution in [0.25, 0.3) is 5.57 Å². The minimum absolute atomic E-state index is 0.678. The Hall–Kier alpha value is -1.71. The van der Waals surface area contributed by atoms with E-state index in [-0.39, 0.29) is 0 Å². The zero-order chi connectivity index (χ0) is 12.8. The van der Waals surface area contributed by atoms with Crippen molar-refractivity contribution in [2.24, 2.45) is 12.8 Å². The van der Waals surface area contributed by atoms with Gasteiger partial charge in [-0.05, 0) is 18.9 Å². The third-order valence-corrected chi connectivity index (χ3v) is 2.54. The Kier molecular flexibility index (Phi) is 4.82. The number of aromatic nitrogens is 2. The number of rotatable bonds is 5. The third-order valence-electron chi connectivity index (χ3n) is 2.54. The van der Waals surface area contributed by atoms with E-state index in [1.165, 1.54) is 0 Å². The van der Waals surface area contributed by atoms with Crippen LogP contribution >= 0.6 is 0 Å². The normalized spacial score (nSPS) is 13.5. The second kappa shape index (κ2) is 6.13. The van der Waals surface area contributed by atoms with Crippen molar-refractivity contribution >= 4 is 5.57 Å². The number of hydrogen-bond donors (Lipinski definition) is 1. The van der Waals surface area contributed by atoms with E-state index < -0.39 is 0 Å². The first-order valence-electron chi connectivity index (χ1n) is 5.87. The van der Waals surface area contributed by atoms with E-state index in [0.29, 0.717) is 5.70 Å². The van der Waals surface area contributed by atoms with Crippen molar-refractivity contribution < 1.29 is 4.74 Å². The molecule has 0 aromatic carbocycles. The Morgan fingerprint density at radius 3 is 2.65 bits per heavy atom. The number of aryl methyl sites for hydroxylation is 1. The molecular formula is C13H21N3O. The molecule has 0 atom stereocenters. The molecule has 94 valence electrons. The highest BCUT2D eigenvalue weighted by atomic mass is 16.5. The fourth-order valence-corrected chi connectivity index (χ4v) is 1.76. The van der Waals surface area contributed by atoms with Crippen molar-refractivity contribution in [3.8, 4) is 0 Å². The SMILES string of the molecule is CC/C=C(N)\C(OC)=C(/CC)c1ccn(C)n1. The van der Waals surface area contributed by atoms with E-state index in [1.807, 2.05) is 32.3 Å². The van der Waals surface area contributed by atoms with E-state index in [1.54, 1.807) is 11.8 Å². The molecule has 0 amide bonds. The summed E-state index contributed by atoms with van der Waals surface area (Å²) in [6.45, 7) is 4.12. The highest BCUT2D eigenvalue weighted by molar-refractivity contribution is 5.67. The molecule has 0 bridgehead atoms. The summed E-state index contributed by atoms with van der Waals surface area (Å²) in [7, 11) is 3.54. The summed E-state index contributed by atoms with van der Waals surface area (Å²) in [5, 5.41) is 4.39. The van der Waals surface area contributed by atoms with Crippen LogP contribution in [-0.4, -0.2) is 16.9 Å². The minimum atomic E-state index is 0.678. The maximum atomic E-state index is 6.00. The van der Waals surface area contributed by atoms with Crippen molar-refractivity contribution in [2.75, 3.05) is 7.11 Å². The van der Waals surface area contributed by atoms with Gasteiger partial charge in [0.1, 0.15) is 5.76 Å². The highest BCUT2D eigenvalue weighted by Crippen LogP contribution is 2.24. The third kappa shape index (κ3) is 3.12. The van der Waals surface area contributed by atoms with Gasteiger partial charge in [0.15, 0.2) is 0 Å². The molecule has 1 rings (SSSR count). The standard InChI is InChI=1S/C13H21N3O/c1-5-7-11(14)13(17-4)10(6-2)12-8-9-16(3)15-12/h7-9H,5-6,14H2,1-4H3/b11-7+,13-10-. The minimum Gasteiger partial charge on any atom is -0.494 e. The van der Waals surface area contributed by atoms with E-state index in [2.05, 4.69) is 12.0 Å². The first-order chi connectivity index (χ1) is 8.13. The second-order valence-corrected chi connectivity index (χ2v) is 3.81. The van der Waals surface area contributed by atoms with Crippen LogP contribution in [0.15, 0.2) is 29.8 Å². The molecule has 0 aliphatic rings. The maximum absolute atomic E-state index is 6.00. The molecule has 17 heavy (non-hydrogen) atoms. The van der Waals surface area contributed by atoms with Crippen molar-refractivity contribution in [1.82, 2.24) is 9.78 Å². The summed E-state index contributed by atoms with van der Waals surface area (Å²) in [6.07, 6.45) is 5.59. The quantitative estimate of drug-likeness (QED) is 0.630. The molecule has 0 saturated carbocycles. The smallest absolute Gasteiger partial charge is 0.146 e. The molecule has 4 heteroatoms. The summed E-state index contributed by atoms with van der Waals surface area (Å²) < 4.78 is 7.19. The average Bonchev–Trinajstić information content (AvgIpc) is 2.72. The van der Waals surface area contributed by atoms with E-state index in [9.17, 15) is 0 Å². The monoisotopic (exact) mass is 235 g/mol. The number of ether oxygens (including phenoxy) is 1. The lowest BCUT2D eigenvalue weighted by Gasteiger charge is -2.12. The maximum Gasteiger partial charge on any atom is 0.146 e. The lowest BCUT2D eigenvalue weighted by Crippen LogP contribution is -2.06. The molecule has 0 spiro atoms. The van der Waals surface area contributed by atoms with Crippen molar-refractivity contribution in [3.63, 3.8) is 0 Å². The zero-order valence-electron chi connectivity index (χ0n) is 11.0. The first kappa shape index (κ1) is 13.4. The molecule has 0 saturated heterocycles. The van der Waals surface area contributed by atoms with Crippen LogP contribution < -0.4 is 5.73 Å². The molecule has 2 N–H and O–H groups in total. The van der Waals surface area contributed by atoms with Gasteiger partial charge in [0.2, 0.25) is 0 Å². The zero-order valence-corrected chi connectivity index (χ0v) is 11.0. The highest BCUT2D eigenvalue weighted by Gasteiger charge is 2.12. The van der Waals surface area contributed by atoms with Gasteiger partial charge in [-0.25, -0.2) is 0 Å². The van der Waals surface area contributed by atoms with Crippen LogP contribution in [0.2, 0.25) is 0 Å². The van der Waals surface area contributed by atoms with Crippen molar-refractivity contribution in [1.29, 1.82) is 0 Å². The van der Waals surface area contributed by atoms with Gasteiger partial charge < -0.3 is 10.5 Å². The summed E-state index contributed by atoms with van der Waals surface area (Å²) in [4.78, 5) is 0. The molecule has 0 aliphatic carbocycles. The van der Waals surface area contributed by atoms with Gasteiger partial charge in [-0.3, -0.25) is 4.68 Å². The Morgan fingerprint density at radius 2 is 2.24 bits per heavy atom. The van der Waals surface area contributed by atoms with E-state index in [0.717, 1.165) is 29.9 Å². The molecule has 1 aromatic heterocycles. The number of allylic oxidation sites excluding steroid dienone is 2. The molecule has 0 fully saturated rings. The second-order valence-electron chi connectivity index (χ2n) is 3.81. The number of nitrogens with two attached hydrogens (primary N) is 1. The molecule has 0 unspecified atom stereocenters. The molecule has 0 radical (unpaired) electrons. The van der Waals surface area contributed by atoms with Crippen molar-refractivity contribution in [2.45, 2.75) is 26.7 Å². The molecule has 1 aromatic rings. The summed E-state index contributed by atoms with van der Waals surface area (Å²) in [6, 6.07) is 1.97.